The van der Waals surface area contributed by atoms with E-state index in [1.807, 2.05) is 13.1 Å². The molecule has 1 aliphatic rings. The molecule has 2 N–H and O–H groups in total. The summed E-state index contributed by atoms with van der Waals surface area (Å²) in [7, 11) is 2.01. The number of anilines is 2. The zero-order valence-corrected chi connectivity index (χ0v) is 11.2. The smallest absolute Gasteiger partial charge is 0.128 e. The van der Waals surface area contributed by atoms with Crippen molar-refractivity contribution in [3.8, 4) is 0 Å². The average molecular weight is 251 g/mol. The van der Waals surface area contributed by atoms with Crippen LogP contribution in [0.1, 0.15) is 18.4 Å². The molecule has 1 heterocycles. The number of nitrogen functional groups attached to an aromatic ring is 1. The number of aryl methyl sites for hydroxylation is 1. The quantitative estimate of drug-likeness (QED) is 0.833. The number of rotatable bonds is 4. The number of benzene rings is 1. The molecule has 100 valence electrons. The maximum atomic E-state index is 13.3. The third-order valence-corrected chi connectivity index (χ3v) is 3.67. The van der Waals surface area contributed by atoms with Crippen molar-refractivity contribution in [2.75, 3.05) is 43.9 Å². The Labute approximate surface area is 108 Å². The van der Waals surface area contributed by atoms with Crippen molar-refractivity contribution in [2.24, 2.45) is 0 Å². The van der Waals surface area contributed by atoms with E-state index in [1.165, 1.54) is 32.0 Å². The van der Waals surface area contributed by atoms with Gasteiger partial charge in [-0.3, -0.25) is 0 Å². The maximum absolute atomic E-state index is 13.3. The molecule has 18 heavy (non-hydrogen) atoms. The zero-order valence-electron chi connectivity index (χ0n) is 11.2. The summed E-state index contributed by atoms with van der Waals surface area (Å²) >= 11 is 0. The van der Waals surface area contributed by atoms with Gasteiger partial charge in [0.2, 0.25) is 0 Å². The number of nitrogens with zero attached hydrogens (tertiary/aromatic N) is 2. The van der Waals surface area contributed by atoms with Gasteiger partial charge in [-0.15, -0.1) is 0 Å². The van der Waals surface area contributed by atoms with Crippen LogP contribution in [0.25, 0.3) is 0 Å². The highest BCUT2D eigenvalue weighted by Crippen LogP contribution is 2.25. The number of nitrogens with two attached hydrogens (primary N) is 1. The summed E-state index contributed by atoms with van der Waals surface area (Å²) < 4.78 is 13.3. The molecule has 0 spiro atoms. The summed E-state index contributed by atoms with van der Waals surface area (Å²) in [4.78, 5) is 4.57. The average Bonchev–Trinajstić information content (AvgIpc) is 2.84. The first-order valence-corrected chi connectivity index (χ1v) is 6.57. The molecule has 0 amide bonds. The van der Waals surface area contributed by atoms with Crippen LogP contribution in [0.3, 0.4) is 0 Å². The topological polar surface area (TPSA) is 32.5 Å². The highest BCUT2D eigenvalue weighted by atomic mass is 19.1. The zero-order chi connectivity index (χ0) is 13.1. The second-order valence-electron chi connectivity index (χ2n) is 5.13. The van der Waals surface area contributed by atoms with Crippen molar-refractivity contribution in [2.45, 2.75) is 19.8 Å². The van der Waals surface area contributed by atoms with E-state index in [0.717, 1.165) is 18.8 Å². The third-order valence-electron chi connectivity index (χ3n) is 3.67. The predicted molar refractivity (Wildman–Crippen MR) is 74.5 cm³/mol. The number of hydrogen-bond donors (Lipinski definition) is 1. The lowest BCUT2D eigenvalue weighted by Gasteiger charge is -2.24. The van der Waals surface area contributed by atoms with E-state index < -0.39 is 0 Å². The molecule has 0 atom stereocenters. The molecule has 1 aromatic carbocycles. The summed E-state index contributed by atoms with van der Waals surface area (Å²) in [6.07, 6.45) is 2.61. The molecule has 2 rings (SSSR count). The monoisotopic (exact) mass is 251 g/mol. The molecule has 0 bridgehead atoms. The Morgan fingerprint density at radius 3 is 2.67 bits per heavy atom. The first-order valence-electron chi connectivity index (χ1n) is 6.57. The molecule has 1 aromatic rings. The summed E-state index contributed by atoms with van der Waals surface area (Å²) in [6, 6.07) is 3.24. The Hall–Kier alpha value is -1.29. The lowest BCUT2D eigenvalue weighted by Crippen LogP contribution is -2.31. The van der Waals surface area contributed by atoms with Gasteiger partial charge < -0.3 is 15.5 Å². The van der Waals surface area contributed by atoms with Crippen LogP contribution < -0.4 is 10.6 Å². The molecule has 1 fully saturated rings. The van der Waals surface area contributed by atoms with Gasteiger partial charge in [0.15, 0.2) is 0 Å². The number of halogens is 1. The minimum Gasteiger partial charge on any atom is -0.397 e. The Bertz CT molecular complexity index is 414. The molecular weight excluding hydrogens is 229 g/mol. The first kappa shape index (κ1) is 13.1. The van der Waals surface area contributed by atoms with Crippen LogP contribution in [0.4, 0.5) is 15.8 Å². The molecular formula is C14H22FN3. The van der Waals surface area contributed by atoms with Crippen molar-refractivity contribution in [3.63, 3.8) is 0 Å². The molecule has 3 nitrogen and oxygen atoms in total. The van der Waals surface area contributed by atoms with Crippen molar-refractivity contribution >= 4 is 11.4 Å². The van der Waals surface area contributed by atoms with Gasteiger partial charge in [0.25, 0.3) is 0 Å². The number of likely N-dealkylation sites (N-methyl/N-ethyl adjacent to an activating group) is 1. The van der Waals surface area contributed by atoms with Crippen LogP contribution >= 0.6 is 0 Å². The third kappa shape index (κ3) is 2.93. The fourth-order valence-corrected chi connectivity index (χ4v) is 2.43. The minimum absolute atomic E-state index is 0.232. The van der Waals surface area contributed by atoms with Gasteiger partial charge in [-0.25, -0.2) is 4.39 Å². The lowest BCUT2D eigenvalue weighted by atomic mass is 10.1. The van der Waals surface area contributed by atoms with Crippen LogP contribution in [-0.4, -0.2) is 38.1 Å². The van der Waals surface area contributed by atoms with E-state index in [0.29, 0.717) is 11.3 Å². The van der Waals surface area contributed by atoms with Crippen LogP contribution in [0.2, 0.25) is 0 Å². The maximum Gasteiger partial charge on any atom is 0.128 e. The van der Waals surface area contributed by atoms with Crippen molar-refractivity contribution in [1.29, 1.82) is 0 Å². The lowest BCUT2D eigenvalue weighted by molar-refractivity contribution is 0.346. The van der Waals surface area contributed by atoms with E-state index >= 15 is 0 Å². The van der Waals surface area contributed by atoms with Crippen molar-refractivity contribution in [3.05, 3.63) is 23.5 Å². The highest BCUT2D eigenvalue weighted by Gasteiger charge is 2.13. The van der Waals surface area contributed by atoms with E-state index in [9.17, 15) is 4.39 Å². The molecule has 1 saturated heterocycles. The fraction of sp³-hybridized carbons (Fsp3) is 0.571. The summed E-state index contributed by atoms with van der Waals surface area (Å²) in [5.74, 6) is -0.232. The Balaban J connectivity index is 1.99. The summed E-state index contributed by atoms with van der Waals surface area (Å²) in [6.45, 7) is 6.14. The molecule has 0 aromatic heterocycles. The molecule has 0 unspecified atom stereocenters. The molecule has 0 radical (unpaired) electrons. The molecule has 4 heteroatoms. The largest absolute Gasteiger partial charge is 0.397 e. The second kappa shape index (κ2) is 5.57. The summed E-state index contributed by atoms with van der Waals surface area (Å²) in [5, 5.41) is 0. The predicted octanol–water partition coefficient (Wildman–Crippen LogP) is 2.25. The van der Waals surface area contributed by atoms with Crippen LogP contribution in [0.5, 0.6) is 0 Å². The van der Waals surface area contributed by atoms with E-state index in [1.54, 1.807) is 6.92 Å². The minimum atomic E-state index is -0.232. The molecule has 0 saturated carbocycles. The standard InChI is InChI=1S/C14H22FN3/c1-11-9-14(13(16)10-12(11)15)17(2)7-8-18-5-3-4-6-18/h9-10H,3-8,16H2,1-2H3. The number of hydrogen-bond acceptors (Lipinski definition) is 3. The highest BCUT2D eigenvalue weighted by molar-refractivity contribution is 5.68. The van der Waals surface area contributed by atoms with Gasteiger partial charge in [0, 0.05) is 20.1 Å². The van der Waals surface area contributed by atoms with E-state index in [2.05, 4.69) is 9.80 Å². The van der Waals surface area contributed by atoms with Crippen LogP contribution in [0.15, 0.2) is 12.1 Å². The Morgan fingerprint density at radius 2 is 2.00 bits per heavy atom. The number of likely N-dealkylation sites (tertiary alicyclic amines) is 1. The van der Waals surface area contributed by atoms with Gasteiger partial charge in [0.1, 0.15) is 5.82 Å². The SMILES string of the molecule is Cc1cc(N(C)CCN2CCCC2)c(N)cc1F. The van der Waals surface area contributed by atoms with Gasteiger partial charge in [0.05, 0.1) is 11.4 Å². The second-order valence-corrected chi connectivity index (χ2v) is 5.13. The normalized spacial score (nSPS) is 16.2. The van der Waals surface area contributed by atoms with Gasteiger partial charge in [-0.1, -0.05) is 0 Å². The summed E-state index contributed by atoms with van der Waals surface area (Å²) in [5.41, 5.74) is 7.97. The van der Waals surface area contributed by atoms with Crippen molar-refractivity contribution in [1.82, 2.24) is 4.90 Å². The van der Waals surface area contributed by atoms with Crippen molar-refractivity contribution < 1.29 is 4.39 Å². The Kier molecular flexibility index (Phi) is 4.07. The van der Waals surface area contributed by atoms with Gasteiger partial charge in [-0.05, 0) is 50.6 Å². The van der Waals surface area contributed by atoms with Crippen LogP contribution in [0, 0.1) is 12.7 Å². The molecule has 1 aliphatic heterocycles. The molecule has 0 aliphatic carbocycles. The van der Waals surface area contributed by atoms with E-state index in [4.69, 9.17) is 5.73 Å². The first-order chi connectivity index (χ1) is 8.58. The fourth-order valence-electron chi connectivity index (χ4n) is 2.43. The van der Waals surface area contributed by atoms with Crippen LogP contribution in [-0.2, 0) is 0 Å². The van der Waals surface area contributed by atoms with E-state index in [-0.39, 0.29) is 5.82 Å². The van der Waals surface area contributed by atoms with Gasteiger partial charge in [-0.2, -0.15) is 0 Å². The Morgan fingerprint density at radius 1 is 1.33 bits per heavy atom. The van der Waals surface area contributed by atoms with Gasteiger partial charge >= 0.3 is 0 Å².